The Labute approximate surface area is 131 Å². The maximum atomic E-state index is 12.4. The zero-order valence-electron chi connectivity index (χ0n) is 12.4. The molecule has 118 valence electrons. The van der Waals surface area contributed by atoms with Gasteiger partial charge in [-0.25, -0.2) is 13.1 Å². The van der Waals surface area contributed by atoms with E-state index in [0.717, 1.165) is 31.2 Å². The molecule has 6 heteroatoms. The maximum Gasteiger partial charge on any atom is 0.240 e. The fourth-order valence-corrected chi connectivity index (χ4v) is 4.87. The minimum Gasteiger partial charge on any atom is -0.330 e. The van der Waals surface area contributed by atoms with Crippen LogP contribution in [0, 0.1) is 0 Å². The molecule has 0 aromatic heterocycles. The molecule has 1 aliphatic rings. The second-order valence-electron chi connectivity index (χ2n) is 5.53. The number of hydrogen-bond acceptors (Lipinski definition) is 4. The molecule has 1 fully saturated rings. The van der Waals surface area contributed by atoms with Gasteiger partial charge in [0.15, 0.2) is 0 Å². The Morgan fingerprint density at radius 3 is 2.62 bits per heavy atom. The van der Waals surface area contributed by atoms with Crippen LogP contribution in [-0.2, 0) is 16.4 Å². The number of thioether (sulfide) groups is 1. The van der Waals surface area contributed by atoms with E-state index in [1.54, 1.807) is 12.1 Å². The third-order valence-corrected chi connectivity index (χ3v) is 6.58. The average Bonchev–Trinajstić information content (AvgIpc) is 2.48. The summed E-state index contributed by atoms with van der Waals surface area (Å²) in [4.78, 5) is 0.342. The van der Waals surface area contributed by atoms with Crippen molar-refractivity contribution in [2.24, 2.45) is 5.73 Å². The SMILES string of the molecule is CSC1CCCC(NS(=O)(=O)c2ccc(CCN)cc2)C1. The molecule has 4 nitrogen and oxygen atoms in total. The third kappa shape index (κ3) is 4.71. The van der Waals surface area contributed by atoms with Crippen molar-refractivity contribution in [2.45, 2.75) is 48.3 Å². The molecule has 1 aromatic carbocycles. The van der Waals surface area contributed by atoms with Crippen LogP contribution in [0.4, 0.5) is 0 Å². The predicted molar refractivity (Wildman–Crippen MR) is 89.1 cm³/mol. The quantitative estimate of drug-likeness (QED) is 0.839. The van der Waals surface area contributed by atoms with Gasteiger partial charge in [0, 0.05) is 11.3 Å². The van der Waals surface area contributed by atoms with Gasteiger partial charge in [0.05, 0.1) is 4.90 Å². The molecule has 21 heavy (non-hydrogen) atoms. The summed E-state index contributed by atoms with van der Waals surface area (Å²) in [6, 6.07) is 7.08. The first-order valence-corrected chi connectivity index (χ1v) is 10.2. The van der Waals surface area contributed by atoms with E-state index in [2.05, 4.69) is 11.0 Å². The summed E-state index contributed by atoms with van der Waals surface area (Å²) < 4.78 is 27.7. The van der Waals surface area contributed by atoms with Gasteiger partial charge >= 0.3 is 0 Å². The summed E-state index contributed by atoms with van der Waals surface area (Å²) in [6.45, 7) is 0.572. The van der Waals surface area contributed by atoms with Crippen LogP contribution in [0.15, 0.2) is 29.2 Å². The predicted octanol–water partition coefficient (Wildman–Crippen LogP) is 2.14. The standard InChI is InChI=1S/C15H24N2O2S2/c1-20-14-4-2-3-13(11-14)17-21(18,19)15-7-5-12(6-8-15)9-10-16/h5-8,13-14,17H,2-4,9-11,16H2,1H3. The van der Waals surface area contributed by atoms with E-state index >= 15 is 0 Å². The van der Waals surface area contributed by atoms with Gasteiger partial charge in [-0.2, -0.15) is 11.8 Å². The van der Waals surface area contributed by atoms with E-state index in [1.807, 2.05) is 23.9 Å². The van der Waals surface area contributed by atoms with Crippen molar-refractivity contribution in [3.8, 4) is 0 Å². The smallest absolute Gasteiger partial charge is 0.240 e. The minimum absolute atomic E-state index is 0.0601. The number of nitrogens with one attached hydrogen (secondary N) is 1. The maximum absolute atomic E-state index is 12.4. The highest BCUT2D eigenvalue weighted by molar-refractivity contribution is 7.99. The van der Waals surface area contributed by atoms with E-state index in [1.165, 1.54) is 6.42 Å². The molecule has 2 unspecified atom stereocenters. The first-order valence-electron chi connectivity index (χ1n) is 7.39. The molecule has 1 aromatic rings. The number of nitrogens with two attached hydrogens (primary N) is 1. The second kappa shape index (κ2) is 7.63. The lowest BCUT2D eigenvalue weighted by Gasteiger charge is -2.28. The van der Waals surface area contributed by atoms with Gasteiger partial charge in [0.25, 0.3) is 0 Å². The fraction of sp³-hybridized carbons (Fsp3) is 0.600. The monoisotopic (exact) mass is 328 g/mol. The Balaban J connectivity index is 2.03. The second-order valence-corrected chi connectivity index (χ2v) is 8.38. The average molecular weight is 329 g/mol. The molecule has 0 spiro atoms. The Bertz CT molecular complexity index is 543. The molecular formula is C15H24N2O2S2. The van der Waals surface area contributed by atoms with Gasteiger partial charge in [-0.05, 0) is 56.2 Å². The van der Waals surface area contributed by atoms with Gasteiger partial charge in [0.2, 0.25) is 10.0 Å². The zero-order chi connectivity index (χ0) is 15.3. The zero-order valence-corrected chi connectivity index (χ0v) is 14.1. The van der Waals surface area contributed by atoms with Crippen molar-refractivity contribution in [3.05, 3.63) is 29.8 Å². The summed E-state index contributed by atoms with van der Waals surface area (Å²) in [6.07, 6.45) is 7.00. The lowest BCUT2D eigenvalue weighted by Crippen LogP contribution is -2.39. The highest BCUT2D eigenvalue weighted by Gasteiger charge is 2.26. The molecule has 0 bridgehead atoms. The summed E-state index contributed by atoms with van der Waals surface area (Å²) in [5, 5.41) is 0.568. The molecule has 0 heterocycles. The largest absolute Gasteiger partial charge is 0.330 e. The Kier molecular flexibility index (Phi) is 6.10. The van der Waals surface area contributed by atoms with E-state index in [-0.39, 0.29) is 6.04 Å². The Morgan fingerprint density at radius 2 is 2.00 bits per heavy atom. The van der Waals surface area contributed by atoms with Crippen LogP contribution >= 0.6 is 11.8 Å². The summed E-state index contributed by atoms with van der Waals surface area (Å²) in [7, 11) is -3.41. The lowest BCUT2D eigenvalue weighted by molar-refractivity contribution is 0.421. The van der Waals surface area contributed by atoms with Crippen LogP contribution in [0.25, 0.3) is 0 Å². The van der Waals surface area contributed by atoms with Crippen molar-refractivity contribution in [3.63, 3.8) is 0 Å². The van der Waals surface area contributed by atoms with Gasteiger partial charge in [-0.15, -0.1) is 0 Å². The topological polar surface area (TPSA) is 72.2 Å². The Morgan fingerprint density at radius 1 is 1.29 bits per heavy atom. The molecule has 1 aliphatic carbocycles. The molecule has 1 saturated carbocycles. The normalized spacial score (nSPS) is 23.1. The van der Waals surface area contributed by atoms with Crippen LogP contribution < -0.4 is 10.5 Å². The first-order chi connectivity index (χ1) is 10.0. The van der Waals surface area contributed by atoms with Crippen molar-refractivity contribution < 1.29 is 8.42 Å². The van der Waals surface area contributed by atoms with E-state index < -0.39 is 10.0 Å². The van der Waals surface area contributed by atoms with E-state index in [4.69, 9.17) is 5.73 Å². The lowest BCUT2D eigenvalue weighted by atomic mass is 9.96. The van der Waals surface area contributed by atoms with E-state index in [0.29, 0.717) is 16.7 Å². The molecule has 0 radical (unpaired) electrons. The summed E-state index contributed by atoms with van der Waals surface area (Å²) >= 11 is 1.83. The van der Waals surface area contributed by atoms with Gasteiger partial charge in [-0.1, -0.05) is 18.6 Å². The van der Waals surface area contributed by atoms with Crippen molar-refractivity contribution in [1.82, 2.24) is 4.72 Å². The molecule has 3 N–H and O–H groups in total. The fourth-order valence-electron chi connectivity index (χ4n) is 2.76. The summed E-state index contributed by atoms with van der Waals surface area (Å²) in [5.41, 5.74) is 6.57. The third-order valence-electron chi connectivity index (χ3n) is 3.95. The number of sulfonamides is 1. The van der Waals surface area contributed by atoms with Gasteiger partial charge in [-0.3, -0.25) is 0 Å². The molecule has 2 atom stereocenters. The van der Waals surface area contributed by atoms with Crippen LogP contribution in [0.5, 0.6) is 0 Å². The number of hydrogen-bond donors (Lipinski definition) is 2. The molecule has 0 amide bonds. The van der Waals surface area contributed by atoms with Crippen molar-refractivity contribution in [1.29, 1.82) is 0 Å². The molecular weight excluding hydrogens is 304 g/mol. The van der Waals surface area contributed by atoms with Crippen molar-refractivity contribution >= 4 is 21.8 Å². The number of rotatable bonds is 6. The molecule has 0 aliphatic heterocycles. The van der Waals surface area contributed by atoms with Gasteiger partial charge in [0.1, 0.15) is 0 Å². The first kappa shape index (κ1) is 16.8. The summed E-state index contributed by atoms with van der Waals surface area (Å²) in [5.74, 6) is 0. The van der Waals surface area contributed by atoms with E-state index in [9.17, 15) is 8.42 Å². The van der Waals surface area contributed by atoms with Crippen LogP contribution in [0.2, 0.25) is 0 Å². The highest BCUT2D eigenvalue weighted by Crippen LogP contribution is 2.27. The molecule has 0 saturated heterocycles. The Hall–Kier alpha value is -0.560. The van der Waals surface area contributed by atoms with Gasteiger partial charge < -0.3 is 5.73 Å². The highest BCUT2D eigenvalue weighted by atomic mass is 32.2. The van der Waals surface area contributed by atoms with Crippen LogP contribution in [0.1, 0.15) is 31.2 Å². The molecule has 2 rings (SSSR count). The van der Waals surface area contributed by atoms with Crippen molar-refractivity contribution in [2.75, 3.05) is 12.8 Å². The van der Waals surface area contributed by atoms with Crippen LogP contribution in [-0.4, -0.2) is 32.5 Å². The number of benzene rings is 1. The van der Waals surface area contributed by atoms with Crippen LogP contribution in [0.3, 0.4) is 0 Å². The minimum atomic E-state index is -3.41.